The third kappa shape index (κ3) is 2.48. The lowest BCUT2D eigenvalue weighted by atomic mass is 9.89. The molecule has 0 unspecified atom stereocenters. The lowest BCUT2D eigenvalue weighted by Crippen LogP contribution is -2.04. The topological polar surface area (TPSA) is 74.2 Å². The van der Waals surface area contributed by atoms with Crippen LogP contribution < -0.4 is 10.5 Å². The van der Waals surface area contributed by atoms with Gasteiger partial charge in [0.1, 0.15) is 5.75 Å². The summed E-state index contributed by atoms with van der Waals surface area (Å²) in [6.07, 6.45) is 6.10. The fourth-order valence-corrected chi connectivity index (χ4v) is 2.74. The predicted molar refractivity (Wildman–Crippen MR) is 76.5 cm³/mol. The summed E-state index contributed by atoms with van der Waals surface area (Å²) in [5.74, 6) is 2.43. The smallest absolute Gasteiger partial charge is 0.230 e. The van der Waals surface area contributed by atoms with Crippen molar-refractivity contribution in [1.82, 2.24) is 10.1 Å². The van der Waals surface area contributed by atoms with E-state index in [4.69, 9.17) is 15.0 Å². The van der Waals surface area contributed by atoms with Crippen LogP contribution in [0.5, 0.6) is 5.75 Å². The third-order valence-electron chi connectivity index (χ3n) is 3.88. The summed E-state index contributed by atoms with van der Waals surface area (Å²) in [5, 5.41) is 4.08. The number of aromatic nitrogens is 2. The minimum Gasteiger partial charge on any atom is -0.495 e. The number of anilines is 1. The minimum absolute atomic E-state index is 0.417. The first-order valence-electron chi connectivity index (χ1n) is 7.05. The number of benzene rings is 1. The van der Waals surface area contributed by atoms with Gasteiger partial charge in [0.2, 0.25) is 11.7 Å². The summed E-state index contributed by atoms with van der Waals surface area (Å²) in [4.78, 5) is 4.53. The molecule has 1 aromatic heterocycles. The highest BCUT2D eigenvalue weighted by molar-refractivity contribution is 5.65. The van der Waals surface area contributed by atoms with Crippen LogP contribution in [-0.4, -0.2) is 17.3 Å². The second-order valence-electron chi connectivity index (χ2n) is 5.25. The maximum atomic E-state index is 5.91. The zero-order chi connectivity index (χ0) is 13.9. The number of methoxy groups -OCH3 is 1. The van der Waals surface area contributed by atoms with Crippen molar-refractivity contribution in [1.29, 1.82) is 0 Å². The predicted octanol–water partition coefficient (Wildman–Crippen LogP) is 3.38. The summed E-state index contributed by atoms with van der Waals surface area (Å²) in [5.41, 5.74) is 7.34. The van der Waals surface area contributed by atoms with E-state index in [1.165, 1.54) is 19.3 Å². The van der Waals surface area contributed by atoms with Gasteiger partial charge in [-0.2, -0.15) is 4.98 Å². The molecule has 1 saturated carbocycles. The molecular weight excluding hydrogens is 254 g/mol. The first-order chi connectivity index (χ1) is 9.78. The van der Waals surface area contributed by atoms with Gasteiger partial charge in [-0.25, -0.2) is 0 Å². The summed E-state index contributed by atoms with van der Waals surface area (Å²) < 4.78 is 10.6. The summed E-state index contributed by atoms with van der Waals surface area (Å²) in [6, 6.07) is 5.53. The van der Waals surface area contributed by atoms with Crippen LogP contribution in [0.4, 0.5) is 5.69 Å². The Labute approximate surface area is 118 Å². The van der Waals surface area contributed by atoms with Crippen molar-refractivity contribution < 1.29 is 9.26 Å². The molecule has 0 saturated heterocycles. The summed E-state index contributed by atoms with van der Waals surface area (Å²) in [6.45, 7) is 0. The summed E-state index contributed by atoms with van der Waals surface area (Å²) >= 11 is 0. The second kappa shape index (κ2) is 5.53. The quantitative estimate of drug-likeness (QED) is 0.868. The van der Waals surface area contributed by atoms with Crippen LogP contribution in [0, 0.1) is 0 Å². The van der Waals surface area contributed by atoms with Gasteiger partial charge in [-0.3, -0.25) is 0 Å². The van der Waals surface area contributed by atoms with Gasteiger partial charge < -0.3 is 15.0 Å². The molecule has 1 aliphatic rings. The number of nitrogens with zero attached hydrogens (tertiary/aromatic N) is 2. The van der Waals surface area contributed by atoms with Crippen LogP contribution in [0.1, 0.15) is 43.9 Å². The molecule has 3 rings (SSSR count). The molecular formula is C15H19N3O2. The van der Waals surface area contributed by atoms with E-state index in [9.17, 15) is 0 Å². The number of nitrogens with two attached hydrogens (primary N) is 1. The van der Waals surface area contributed by atoms with E-state index < -0.39 is 0 Å². The summed E-state index contributed by atoms with van der Waals surface area (Å²) in [7, 11) is 1.60. The average Bonchev–Trinajstić information content (AvgIpc) is 2.98. The lowest BCUT2D eigenvalue weighted by molar-refractivity contribution is 0.314. The SMILES string of the molecule is COc1ccc(-c2noc(C3CCCCC3)n2)cc1N. The maximum absolute atomic E-state index is 5.91. The number of nitrogen functional groups attached to an aromatic ring is 1. The highest BCUT2D eigenvalue weighted by Crippen LogP contribution is 2.33. The second-order valence-corrected chi connectivity index (χ2v) is 5.25. The Balaban J connectivity index is 1.84. The fourth-order valence-electron chi connectivity index (χ4n) is 2.74. The molecule has 5 heteroatoms. The first kappa shape index (κ1) is 13.0. The third-order valence-corrected chi connectivity index (χ3v) is 3.88. The standard InChI is InChI=1S/C15H19N3O2/c1-19-13-8-7-11(9-12(13)16)14-17-15(20-18-14)10-5-3-2-4-6-10/h7-10H,2-6,16H2,1H3. The first-order valence-corrected chi connectivity index (χ1v) is 7.05. The molecule has 1 fully saturated rings. The van der Waals surface area contributed by atoms with Crippen molar-refractivity contribution >= 4 is 5.69 Å². The van der Waals surface area contributed by atoms with E-state index in [0.717, 1.165) is 24.3 Å². The Morgan fingerprint density at radius 1 is 1.25 bits per heavy atom. The van der Waals surface area contributed by atoms with E-state index in [0.29, 0.717) is 23.2 Å². The molecule has 0 bridgehead atoms. The van der Waals surface area contributed by atoms with Crippen molar-refractivity contribution in [3.63, 3.8) is 0 Å². The van der Waals surface area contributed by atoms with Crippen molar-refractivity contribution in [3.8, 4) is 17.1 Å². The zero-order valence-electron chi connectivity index (χ0n) is 11.6. The molecule has 0 spiro atoms. The fraction of sp³-hybridized carbons (Fsp3) is 0.467. The van der Waals surface area contributed by atoms with Crippen molar-refractivity contribution in [2.24, 2.45) is 0 Å². The van der Waals surface area contributed by atoms with Gasteiger partial charge in [0.05, 0.1) is 12.8 Å². The van der Waals surface area contributed by atoms with Gasteiger partial charge in [-0.05, 0) is 31.0 Å². The Morgan fingerprint density at radius 3 is 2.75 bits per heavy atom. The normalized spacial score (nSPS) is 16.2. The van der Waals surface area contributed by atoms with Crippen LogP contribution in [0.3, 0.4) is 0 Å². The largest absolute Gasteiger partial charge is 0.495 e. The van der Waals surface area contributed by atoms with Crippen LogP contribution in [-0.2, 0) is 0 Å². The molecule has 1 aromatic carbocycles. The van der Waals surface area contributed by atoms with Gasteiger partial charge in [0.15, 0.2) is 0 Å². The van der Waals surface area contributed by atoms with E-state index in [-0.39, 0.29) is 0 Å². The molecule has 20 heavy (non-hydrogen) atoms. The molecule has 0 atom stereocenters. The van der Waals surface area contributed by atoms with Crippen molar-refractivity contribution in [2.45, 2.75) is 38.0 Å². The van der Waals surface area contributed by atoms with Crippen molar-refractivity contribution in [3.05, 3.63) is 24.1 Å². The van der Waals surface area contributed by atoms with Crippen LogP contribution in [0.25, 0.3) is 11.4 Å². The Hall–Kier alpha value is -2.04. The maximum Gasteiger partial charge on any atom is 0.230 e. The van der Waals surface area contributed by atoms with Crippen LogP contribution in [0.15, 0.2) is 22.7 Å². The van der Waals surface area contributed by atoms with E-state index in [2.05, 4.69) is 10.1 Å². The van der Waals surface area contributed by atoms with Gasteiger partial charge >= 0.3 is 0 Å². The Morgan fingerprint density at radius 2 is 2.05 bits per heavy atom. The molecule has 1 heterocycles. The highest BCUT2D eigenvalue weighted by atomic mass is 16.5. The monoisotopic (exact) mass is 273 g/mol. The Kier molecular flexibility index (Phi) is 3.58. The number of hydrogen-bond acceptors (Lipinski definition) is 5. The van der Waals surface area contributed by atoms with Gasteiger partial charge in [0.25, 0.3) is 0 Å². The van der Waals surface area contributed by atoms with Gasteiger partial charge in [-0.15, -0.1) is 0 Å². The molecule has 0 aliphatic heterocycles. The molecule has 106 valence electrons. The van der Waals surface area contributed by atoms with Crippen LogP contribution >= 0.6 is 0 Å². The van der Waals surface area contributed by atoms with Gasteiger partial charge in [-0.1, -0.05) is 24.4 Å². The Bertz CT molecular complexity index is 589. The van der Waals surface area contributed by atoms with E-state index in [1.54, 1.807) is 7.11 Å². The van der Waals surface area contributed by atoms with Gasteiger partial charge in [0, 0.05) is 11.5 Å². The highest BCUT2D eigenvalue weighted by Gasteiger charge is 2.22. The number of ether oxygens (including phenoxy) is 1. The average molecular weight is 273 g/mol. The molecule has 0 amide bonds. The molecule has 1 aliphatic carbocycles. The van der Waals surface area contributed by atoms with E-state index in [1.807, 2.05) is 18.2 Å². The van der Waals surface area contributed by atoms with E-state index >= 15 is 0 Å². The molecule has 0 radical (unpaired) electrons. The lowest BCUT2D eigenvalue weighted by Gasteiger charge is -2.17. The number of hydrogen-bond donors (Lipinski definition) is 1. The molecule has 2 aromatic rings. The zero-order valence-corrected chi connectivity index (χ0v) is 11.6. The molecule has 2 N–H and O–H groups in total. The molecule has 5 nitrogen and oxygen atoms in total. The minimum atomic E-state index is 0.417. The number of rotatable bonds is 3. The van der Waals surface area contributed by atoms with Crippen molar-refractivity contribution in [2.75, 3.05) is 12.8 Å². The van der Waals surface area contributed by atoms with Crippen LogP contribution in [0.2, 0.25) is 0 Å².